The van der Waals surface area contributed by atoms with Gasteiger partial charge >= 0.3 is 0 Å². The molecule has 3 aromatic rings. The van der Waals surface area contributed by atoms with Crippen LogP contribution in [0.1, 0.15) is 28.5 Å². The number of benzene rings is 2. The topological polar surface area (TPSA) is 106 Å². The molecule has 0 aliphatic rings. The number of nitrogens with zero attached hydrogens (tertiary/aromatic N) is 3. The van der Waals surface area contributed by atoms with Crippen LogP contribution in [0.5, 0.6) is 11.5 Å². The molecule has 8 heteroatoms. The number of hydrazone groups is 1. The van der Waals surface area contributed by atoms with Crippen molar-refractivity contribution in [2.75, 3.05) is 20.3 Å². The van der Waals surface area contributed by atoms with Crippen LogP contribution in [0.4, 0.5) is 0 Å². The van der Waals surface area contributed by atoms with E-state index in [1.54, 1.807) is 19.4 Å². The number of hydrogen-bond donors (Lipinski definition) is 2. The monoisotopic (exact) mass is 420 g/mol. The summed E-state index contributed by atoms with van der Waals surface area (Å²) < 4.78 is 10.7. The fourth-order valence-corrected chi connectivity index (χ4v) is 2.88. The van der Waals surface area contributed by atoms with Gasteiger partial charge in [0.15, 0.2) is 0 Å². The highest BCUT2D eigenvalue weighted by molar-refractivity contribution is 5.93. The standard InChI is InChI=1S/C23H24N4O4/c1-3-31-19-6-4-18(5-7-19)21-14-24-15-22(26-21)23(29)27-25-13-17-10-16(8-9-28)11-20(12-17)30-2/h4-7,10-15,28H,3,8-9H2,1-2H3,(H,27,29). The molecule has 0 saturated carbocycles. The molecule has 0 aliphatic heterocycles. The van der Waals surface area contributed by atoms with Gasteiger partial charge in [0.25, 0.3) is 5.91 Å². The quantitative estimate of drug-likeness (QED) is 0.407. The summed E-state index contributed by atoms with van der Waals surface area (Å²) in [5, 5.41) is 13.1. The molecule has 0 fully saturated rings. The first kappa shape index (κ1) is 21.9. The Morgan fingerprint density at radius 1 is 1.16 bits per heavy atom. The van der Waals surface area contributed by atoms with Gasteiger partial charge in [0, 0.05) is 12.2 Å². The summed E-state index contributed by atoms with van der Waals surface area (Å²) >= 11 is 0. The number of nitrogens with one attached hydrogen (secondary N) is 1. The molecule has 1 heterocycles. The highest BCUT2D eigenvalue weighted by atomic mass is 16.5. The molecule has 2 aromatic carbocycles. The number of aromatic nitrogens is 2. The van der Waals surface area contributed by atoms with Crippen molar-refractivity contribution < 1.29 is 19.4 Å². The maximum Gasteiger partial charge on any atom is 0.291 e. The Morgan fingerprint density at radius 2 is 1.97 bits per heavy atom. The van der Waals surface area contributed by atoms with E-state index in [0.717, 1.165) is 22.4 Å². The van der Waals surface area contributed by atoms with Crippen molar-refractivity contribution in [2.24, 2.45) is 5.10 Å². The first-order valence-corrected chi connectivity index (χ1v) is 9.80. The van der Waals surface area contributed by atoms with E-state index in [1.165, 1.54) is 12.4 Å². The summed E-state index contributed by atoms with van der Waals surface area (Å²) in [4.78, 5) is 20.9. The number of carbonyl (C=O) groups is 1. The molecule has 0 atom stereocenters. The van der Waals surface area contributed by atoms with E-state index in [2.05, 4.69) is 20.5 Å². The van der Waals surface area contributed by atoms with Crippen molar-refractivity contribution in [1.82, 2.24) is 15.4 Å². The Labute approximate surface area is 180 Å². The van der Waals surface area contributed by atoms with Crippen LogP contribution in [0.2, 0.25) is 0 Å². The third-order valence-corrected chi connectivity index (χ3v) is 4.33. The summed E-state index contributed by atoms with van der Waals surface area (Å²) in [7, 11) is 1.57. The van der Waals surface area contributed by atoms with Gasteiger partial charge in [-0.1, -0.05) is 0 Å². The molecule has 2 N–H and O–H groups in total. The molecular formula is C23H24N4O4. The zero-order valence-electron chi connectivity index (χ0n) is 17.4. The fourth-order valence-electron chi connectivity index (χ4n) is 2.88. The fraction of sp³-hybridized carbons (Fsp3) is 0.217. The van der Waals surface area contributed by atoms with Gasteiger partial charge in [0.05, 0.1) is 38.0 Å². The molecule has 1 amide bonds. The molecule has 0 saturated heterocycles. The van der Waals surface area contributed by atoms with Crippen LogP contribution in [-0.2, 0) is 6.42 Å². The molecule has 0 unspecified atom stereocenters. The first-order chi connectivity index (χ1) is 15.1. The number of rotatable bonds is 9. The summed E-state index contributed by atoms with van der Waals surface area (Å²) in [6, 6.07) is 12.9. The molecule has 31 heavy (non-hydrogen) atoms. The van der Waals surface area contributed by atoms with Crippen LogP contribution in [0.3, 0.4) is 0 Å². The van der Waals surface area contributed by atoms with Crippen LogP contribution >= 0.6 is 0 Å². The van der Waals surface area contributed by atoms with Gasteiger partial charge in [-0.05, 0) is 66.9 Å². The van der Waals surface area contributed by atoms with Crippen molar-refractivity contribution in [1.29, 1.82) is 0 Å². The van der Waals surface area contributed by atoms with Crippen LogP contribution in [-0.4, -0.2) is 47.5 Å². The van der Waals surface area contributed by atoms with E-state index in [9.17, 15) is 4.79 Å². The minimum atomic E-state index is -0.477. The predicted molar refractivity (Wildman–Crippen MR) is 117 cm³/mol. The number of methoxy groups -OCH3 is 1. The second-order valence-electron chi connectivity index (χ2n) is 6.53. The third kappa shape index (κ3) is 6.10. The average molecular weight is 420 g/mol. The highest BCUT2D eigenvalue weighted by Crippen LogP contribution is 2.20. The van der Waals surface area contributed by atoms with Crippen LogP contribution in [0.25, 0.3) is 11.3 Å². The summed E-state index contributed by atoms with van der Waals surface area (Å²) in [5.74, 6) is 0.935. The van der Waals surface area contributed by atoms with Gasteiger partial charge in [-0.25, -0.2) is 10.4 Å². The summed E-state index contributed by atoms with van der Waals surface area (Å²) in [6.45, 7) is 2.55. The number of aliphatic hydroxyl groups excluding tert-OH is 1. The first-order valence-electron chi connectivity index (χ1n) is 9.80. The lowest BCUT2D eigenvalue weighted by Crippen LogP contribution is -2.19. The summed E-state index contributed by atoms with van der Waals surface area (Å²) in [6.07, 6.45) is 4.98. The van der Waals surface area contributed by atoms with Crippen molar-refractivity contribution in [3.8, 4) is 22.8 Å². The van der Waals surface area contributed by atoms with E-state index in [4.69, 9.17) is 14.6 Å². The minimum Gasteiger partial charge on any atom is -0.497 e. The second-order valence-corrected chi connectivity index (χ2v) is 6.53. The lowest BCUT2D eigenvalue weighted by Gasteiger charge is -2.06. The van der Waals surface area contributed by atoms with Crippen molar-refractivity contribution in [3.63, 3.8) is 0 Å². The van der Waals surface area contributed by atoms with E-state index in [-0.39, 0.29) is 12.3 Å². The van der Waals surface area contributed by atoms with Gasteiger partial charge in [0.1, 0.15) is 17.2 Å². The van der Waals surface area contributed by atoms with Crippen molar-refractivity contribution >= 4 is 12.1 Å². The van der Waals surface area contributed by atoms with Crippen LogP contribution < -0.4 is 14.9 Å². The SMILES string of the molecule is CCOc1ccc(-c2cncc(C(=O)NN=Cc3cc(CCO)cc(OC)c3)n2)cc1. The largest absolute Gasteiger partial charge is 0.497 e. The van der Waals surface area contributed by atoms with Gasteiger partial charge in [-0.3, -0.25) is 9.78 Å². The summed E-state index contributed by atoms with van der Waals surface area (Å²) in [5.41, 5.74) is 5.64. The number of hydrogen-bond acceptors (Lipinski definition) is 7. The molecule has 3 rings (SSSR count). The predicted octanol–water partition coefficient (Wildman–Crippen LogP) is 2.85. The Hall–Kier alpha value is -3.78. The zero-order chi connectivity index (χ0) is 22.1. The molecule has 8 nitrogen and oxygen atoms in total. The molecule has 160 valence electrons. The Morgan fingerprint density at radius 3 is 2.68 bits per heavy atom. The number of aliphatic hydroxyl groups is 1. The third-order valence-electron chi connectivity index (χ3n) is 4.33. The maximum atomic E-state index is 12.4. The van der Waals surface area contributed by atoms with E-state index < -0.39 is 5.91 Å². The Kier molecular flexibility index (Phi) is 7.67. The average Bonchev–Trinajstić information content (AvgIpc) is 2.80. The van der Waals surface area contributed by atoms with E-state index in [1.807, 2.05) is 43.3 Å². The van der Waals surface area contributed by atoms with E-state index >= 15 is 0 Å². The lowest BCUT2D eigenvalue weighted by atomic mass is 10.1. The smallest absolute Gasteiger partial charge is 0.291 e. The zero-order valence-corrected chi connectivity index (χ0v) is 17.4. The maximum absolute atomic E-state index is 12.4. The molecule has 0 radical (unpaired) electrons. The molecular weight excluding hydrogens is 396 g/mol. The Balaban J connectivity index is 1.70. The number of carbonyl (C=O) groups excluding carboxylic acids is 1. The molecule has 0 spiro atoms. The number of amides is 1. The molecule has 0 aliphatic carbocycles. The minimum absolute atomic E-state index is 0.0316. The highest BCUT2D eigenvalue weighted by Gasteiger charge is 2.09. The van der Waals surface area contributed by atoms with Gasteiger partial charge in [-0.2, -0.15) is 5.10 Å². The van der Waals surface area contributed by atoms with Gasteiger partial charge in [-0.15, -0.1) is 0 Å². The number of ether oxygens (including phenoxy) is 2. The van der Waals surface area contributed by atoms with Crippen molar-refractivity contribution in [2.45, 2.75) is 13.3 Å². The van der Waals surface area contributed by atoms with Gasteiger partial charge < -0.3 is 14.6 Å². The Bertz CT molecular complexity index is 1050. The van der Waals surface area contributed by atoms with Crippen LogP contribution in [0, 0.1) is 0 Å². The van der Waals surface area contributed by atoms with Gasteiger partial charge in [0.2, 0.25) is 0 Å². The van der Waals surface area contributed by atoms with E-state index in [0.29, 0.717) is 24.5 Å². The molecule has 1 aromatic heterocycles. The lowest BCUT2D eigenvalue weighted by molar-refractivity contribution is 0.0950. The van der Waals surface area contributed by atoms with Crippen LogP contribution in [0.15, 0.2) is 60.0 Å². The normalized spacial score (nSPS) is 10.8. The van der Waals surface area contributed by atoms with Crippen molar-refractivity contribution in [3.05, 3.63) is 71.7 Å². The second kappa shape index (κ2) is 10.8. The molecule has 0 bridgehead atoms.